The van der Waals surface area contributed by atoms with Crippen LogP contribution in [0.5, 0.6) is 0 Å². The minimum Gasteiger partial charge on any atom is -0.444 e. The highest BCUT2D eigenvalue weighted by molar-refractivity contribution is 7.89. The van der Waals surface area contributed by atoms with Gasteiger partial charge < -0.3 is 4.74 Å². The highest BCUT2D eigenvalue weighted by atomic mass is 32.2. The quantitative estimate of drug-likeness (QED) is 0.789. The van der Waals surface area contributed by atoms with E-state index >= 15 is 0 Å². The van der Waals surface area contributed by atoms with Crippen molar-refractivity contribution in [2.45, 2.75) is 44.2 Å². The number of ether oxygens (including phenoxy) is 1. The molecule has 2 aliphatic heterocycles. The van der Waals surface area contributed by atoms with Crippen LogP contribution in [0.1, 0.15) is 29.5 Å². The van der Waals surface area contributed by atoms with Crippen molar-refractivity contribution in [2.24, 2.45) is 0 Å². The monoisotopic (exact) mass is 400 g/mol. The maximum absolute atomic E-state index is 12.9. The predicted octanol–water partition coefficient (Wildman–Crippen LogP) is 3.61. The molecule has 28 heavy (non-hydrogen) atoms. The summed E-state index contributed by atoms with van der Waals surface area (Å²) in [4.78, 5) is 14.6. The van der Waals surface area contributed by atoms with Crippen LogP contribution in [0.4, 0.5) is 10.5 Å². The first-order valence-electron chi connectivity index (χ1n) is 9.49. The SMILES string of the molecule is Cc1ccc(S(=O)(=O)N2CCC(N3C(=O)OCc4cccc(C)c43)CC2)cc1. The number of nitrogens with zero attached hydrogens (tertiary/aromatic N) is 2. The molecule has 0 aliphatic carbocycles. The number of sulfonamides is 1. The van der Waals surface area contributed by atoms with Gasteiger partial charge in [-0.25, -0.2) is 13.2 Å². The van der Waals surface area contributed by atoms with Crippen LogP contribution in [0.3, 0.4) is 0 Å². The van der Waals surface area contributed by atoms with Crippen LogP contribution in [0.15, 0.2) is 47.4 Å². The highest BCUT2D eigenvalue weighted by Crippen LogP contribution is 2.35. The minimum atomic E-state index is -3.52. The number of fused-ring (bicyclic) bond motifs is 1. The zero-order valence-corrected chi connectivity index (χ0v) is 16.9. The van der Waals surface area contributed by atoms with Gasteiger partial charge in [0.2, 0.25) is 10.0 Å². The third-order valence-electron chi connectivity index (χ3n) is 5.56. The summed E-state index contributed by atoms with van der Waals surface area (Å²) in [6.45, 7) is 4.96. The lowest BCUT2D eigenvalue weighted by atomic mass is 10.00. The first-order chi connectivity index (χ1) is 13.4. The van der Waals surface area contributed by atoms with Crippen molar-refractivity contribution >= 4 is 21.8 Å². The highest BCUT2D eigenvalue weighted by Gasteiger charge is 2.37. The van der Waals surface area contributed by atoms with Crippen LogP contribution in [0.2, 0.25) is 0 Å². The van der Waals surface area contributed by atoms with Crippen molar-refractivity contribution < 1.29 is 17.9 Å². The molecule has 1 saturated heterocycles. The number of hydrogen-bond donors (Lipinski definition) is 0. The topological polar surface area (TPSA) is 66.9 Å². The average Bonchev–Trinajstić information content (AvgIpc) is 2.69. The summed E-state index contributed by atoms with van der Waals surface area (Å²) in [5.41, 5.74) is 3.96. The lowest BCUT2D eigenvalue weighted by molar-refractivity contribution is 0.135. The van der Waals surface area contributed by atoms with Crippen molar-refractivity contribution in [3.63, 3.8) is 0 Å². The van der Waals surface area contributed by atoms with E-state index < -0.39 is 10.0 Å². The summed E-state index contributed by atoms with van der Waals surface area (Å²) in [7, 11) is -3.52. The number of amides is 1. The number of benzene rings is 2. The Morgan fingerprint density at radius 3 is 2.36 bits per heavy atom. The number of aryl methyl sites for hydroxylation is 2. The van der Waals surface area contributed by atoms with E-state index in [0.717, 1.165) is 22.4 Å². The maximum Gasteiger partial charge on any atom is 0.414 e. The van der Waals surface area contributed by atoms with Gasteiger partial charge in [0.05, 0.1) is 10.6 Å². The third kappa shape index (κ3) is 3.29. The number of para-hydroxylation sites is 1. The van der Waals surface area contributed by atoms with Gasteiger partial charge in [0, 0.05) is 24.7 Å². The molecule has 0 saturated carbocycles. The lowest BCUT2D eigenvalue weighted by Gasteiger charge is -2.40. The average molecular weight is 401 g/mol. The molecule has 2 heterocycles. The van der Waals surface area contributed by atoms with Gasteiger partial charge in [0.1, 0.15) is 6.61 Å². The Kier molecular flexibility index (Phi) is 4.89. The van der Waals surface area contributed by atoms with Gasteiger partial charge in [-0.15, -0.1) is 0 Å². The molecule has 0 atom stereocenters. The lowest BCUT2D eigenvalue weighted by Crippen LogP contribution is -2.50. The number of carbonyl (C=O) groups excluding carboxylic acids is 1. The molecule has 7 heteroatoms. The van der Waals surface area contributed by atoms with Crippen LogP contribution < -0.4 is 4.90 Å². The van der Waals surface area contributed by atoms with Crippen LogP contribution in [-0.4, -0.2) is 37.9 Å². The van der Waals surface area contributed by atoms with Crippen molar-refractivity contribution in [1.29, 1.82) is 0 Å². The molecule has 0 aromatic heterocycles. The summed E-state index contributed by atoms with van der Waals surface area (Å²) in [5.74, 6) is 0. The Balaban J connectivity index is 1.54. The van der Waals surface area contributed by atoms with Gasteiger partial charge in [-0.05, 0) is 44.4 Å². The van der Waals surface area contributed by atoms with Gasteiger partial charge in [-0.2, -0.15) is 4.31 Å². The van der Waals surface area contributed by atoms with Crippen molar-refractivity contribution in [3.05, 3.63) is 59.2 Å². The van der Waals surface area contributed by atoms with E-state index in [4.69, 9.17) is 4.74 Å². The van der Waals surface area contributed by atoms with E-state index in [1.165, 1.54) is 4.31 Å². The molecule has 1 fully saturated rings. The van der Waals surface area contributed by atoms with E-state index in [9.17, 15) is 13.2 Å². The molecule has 2 aromatic rings. The molecule has 1 amide bonds. The van der Waals surface area contributed by atoms with Crippen molar-refractivity contribution in [1.82, 2.24) is 4.31 Å². The Bertz CT molecular complexity index is 994. The minimum absolute atomic E-state index is 0.0721. The predicted molar refractivity (Wildman–Crippen MR) is 107 cm³/mol. The number of carbonyl (C=O) groups is 1. The Labute approximate surface area is 165 Å². The molecule has 2 aromatic carbocycles. The fourth-order valence-corrected chi connectivity index (χ4v) is 5.48. The second-order valence-electron chi connectivity index (χ2n) is 7.46. The van der Waals surface area contributed by atoms with E-state index in [-0.39, 0.29) is 18.7 Å². The molecule has 0 unspecified atom stereocenters. The molecule has 4 rings (SSSR count). The molecule has 2 aliphatic rings. The molecular formula is C21H24N2O4S. The van der Waals surface area contributed by atoms with Gasteiger partial charge >= 0.3 is 6.09 Å². The normalized spacial score (nSPS) is 18.6. The zero-order valence-electron chi connectivity index (χ0n) is 16.1. The maximum atomic E-state index is 12.9. The zero-order chi connectivity index (χ0) is 19.9. The molecule has 0 radical (unpaired) electrons. The van der Waals surface area contributed by atoms with Crippen LogP contribution in [0, 0.1) is 13.8 Å². The fourth-order valence-electron chi connectivity index (χ4n) is 4.01. The van der Waals surface area contributed by atoms with E-state index in [2.05, 4.69) is 0 Å². The molecule has 148 valence electrons. The molecular weight excluding hydrogens is 376 g/mol. The van der Waals surface area contributed by atoms with E-state index in [0.29, 0.717) is 30.8 Å². The molecule has 0 bridgehead atoms. The van der Waals surface area contributed by atoms with Crippen molar-refractivity contribution in [3.8, 4) is 0 Å². The number of cyclic esters (lactones) is 1. The van der Waals surface area contributed by atoms with E-state index in [1.807, 2.05) is 44.2 Å². The number of piperidine rings is 1. The van der Waals surface area contributed by atoms with Crippen LogP contribution in [0.25, 0.3) is 0 Å². The smallest absolute Gasteiger partial charge is 0.414 e. The second kappa shape index (κ2) is 7.22. The number of hydrogen-bond acceptors (Lipinski definition) is 4. The van der Waals surface area contributed by atoms with E-state index in [1.54, 1.807) is 17.0 Å². The van der Waals surface area contributed by atoms with Crippen LogP contribution in [-0.2, 0) is 21.4 Å². The Hall–Kier alpha value is -2.38. The summed E-state index contributed by atoms with van der Waals surface area (Å²) in [6.07, 6.45) is 0.809. The van der Waals surface area contributed by atoms with Gasteiger partial charge in [-0.3, -0.25) is 4.90 Å². The summed E-state index contributed by atoms with van der Waals surface area (Å²) in [6, 6.07) is 12.8. The summed E-state index contributed by atoms with van der Waals surface area (Å²) < 4.78 is 32.7. The molecule has 6 nitrogen and oxygen atoms in total. The second-order valence-corrected chi connectivity index (χ2v) is 9.39. The van der Waals surface area contributed by atoms with Crippen LogP contribution >= 0.6 is 0 Å². The summed E-state index contributed by atoms with van der Waals surface area (Å²) in [5, 5.41) is 0. The van der Waals surface area contributed by atoms with Gasteiger partial charge in [0.25, 0.3) is 0 Å². The first kappa shape index (κ1) is 19.0. The Morgan fingerprint density at radius 1 is 1.00 bits per heavy atom. The largest absolute Gasteiger partial charge is 0.444 e. The molecule has 0 N–H and O–H groups in total. The fraction of sp³-hybridized carbons (Fsp3) is 0.381. The number of anilines is 1. The summed E-state index contributed by atoms with van der Waals surface area (Å²) >= 11 is 0. The van der Waals surface area contributed by atoms with Gasteiger partial charge in [-0.1, -0.05) is 35.9 Å². The van der Waals surface area contributed by atoms with Gasteiger partial charge in [0.15, 0.2) is 0 Å². The first-order valence-corrected chi connectivity index (χ1v) is 10.9. The number of rotatable bonds is 3. The standard InChI is InChI=1S/C21H24N2O4S/c1-15-6-8-19(9-7-15)28(25,26)22-12-10-18(11-13-22)23-20-16(2)4-3-5-17(20)14-27-21(23)24/h3-9,18H,10-14H2,1-2H3. The molecule has 0 spiro atoms. The Morgan fingerprint density at radius 2 is 1.68 bits per heavy atom. The third-order valence-corrected chi connectivity index (χ3v) is 7.47. The van der Waals surface area contributed by atoms with Crippen molar-refractivity contribution in [2.75, 3.05) is 18.0 Å².